The standard InChI is InChI=1S/C22H22N2O2/c1-24(14-13-17-7-3-2-4-8-17)22(25)16-26-21-12-11-18(15-23)19-9-5-6-10-20(19)21/h2-12,15,23H,13-14,16H2,1H3. The molecule has 0 radical (unpaired) electrons. The summed E-state index contributed by atoms with van der Waals surface area (Å²) < 4.78 is 5.79. The molecule has 26 heavy (non-hydrogen) atoms. The first-order chi connectivity index (χ1) is 12.7. The molecule has 4 nitrogen and oxygen atoms in total. The third-order valence-electron chi connectivity index (χ3n) is 4.43. The molecule has 1 N–H and O–H groups in total. The molecule has 3 rings (SSSR count). The van der Waals surface area contributed by atoms with Crippen molar-refractivity contribution >= 4 is 22.9 Å². The van der Waals surface area contributed by atoms with Crippen molar-refractivity contribution in [2.45, 2.75) is 6.42 Å². The zero-order valence-corrected chi connectivity index (χ0v) is 14.8. The van der Waals surface area contributed by atoms with Crippen molar-refractivity contribution in [3.05, 3.63) is 77.9 Å². The highest BCUT2D eigenvalue weighted by Crippen LogP contribution is 2.27. The van der Waals surface area contributed by atoms with Gasteiger partial charge in [-0.25, -0.2) is 0 Å². The second kappa shape index (κ2) is 8.30. The lowest BCUT2D eigenvalue weighted by molar-refractivity contribution is -0.132. The Hall–Kier alpha value is -3.14. The fourth-order valence-electron chi connectivity index (χ4n) is 2.86. The van der Waals surface area contributed by atoms with Crippen molar-refractivity contribution in [1.82, 2.24) is 4.90 Å². The van der Waals surface area contributed by atoms with Crippen LogP contribution in [0.2, 0.25) is 0 Å². The Morgan fingerprint density at radius 3 is 2.42 bits per heavy atom. The molecule has 0 unspecified atom stereocenters. The summed E-state index contributed by atoms with van der Waals surface area (Å²) in [4.78, 5) is 14.1. The molecule has 0 heterocycles. The van der Waals surface area contributed by atoms with Crippen LogP contribution in [0.25, 0.3) is 10.8 Å². The molecule has 0 bridgehead atoms. The molecule has 132 valence electrons. The molecule has 3 aromatic carbocycles. The fraction of sp³-hybridized carbons (Fsp3) is 0.182. The van der Waals surface area contributed by atoms with E-state index >= 15 is 0 Å². The third kappa shape index (κ3) is 4.09. The third-order valence-corrected chi connectivity index (χ3v) is 4.43. The van der Waals surface area contributed by atoms with Crippen LogP contribution in [0.4, 0.5) is 0 Å². The van der Waals surface area contributed by atoms with E-state index in [9.17, 15) is 4.79 Å². The SMILES string of the molecule is CN(CCc1ccccc1)C(=O)COc1ccc(C=N)c2ccccc12. The maximum absolute atomic E-state index is 12.4. The molecule has 0 fully saturated rings. The minimum atomic E-state index is -0.0545. The van der Waals surface area contributed by atoms with Gasteiger partial charge < -0.3 is 15.0 Å². The van der Waals surface area contributed by atoms with E-state index in [1.807, 2.05) is 54.6 Å². The highest BCUT2D eigenvalue weighted by atomic mass is 16.5. The number of carbonyl (C=O) groups is 1. The van der Waals surface area contributed by atoms with Crippen LogP contribution in [-0.2, 0) is 11.2 Å². The van der Waals surface area contributed by atoms with Crippen molar-refractivity contribution in [2.24, 2.45) is 0 Å². The zero-order valence-electron chi connectivity index (χ0n) is 14.8. The lowest BCUT2D eigenvalue weighted by Gasteiger charge is -2.18. The van der Waals surface area contributed by atoms with Crippen LogP contribution in [-0.4, -0.2) is 37.2 Å². The minimum Gasteiger partial charge on any atom is -0.483 e. The summed E-state index contributed by atoms with van der Waals surface area (Å²) in [5, 5.41) is 9.37. The molecule has 0 aliphatic heterocycles. The molecule has 0 spiro atoms. The molecule has 0 aliphatic carbocycles. The Bertz CT molecular complexity index is 906. The van der Waals surface area contributed by atoms with E-state index in [0.29, 0.717) is 12.3 Å². The number of ether oxygens (including phenoxy) is 1. The molecule has 4 heteroatoms. The molecule has 0 aliphatic rings. The van der Waals surface area contributed by atoms with E-state index in [4.69, 9.17) is 10.1 Å². The van der Waals surface area contributed by atoms with Crippen LogP contribution in [0.15, 0.2) is 66.7 Å². The van der Waals surface area contributed by atoms with Crippen molar-refractivity contribution in [1.29, 1.82) is 5.41 Å². The first-order valence-electron chi connectivity index (χ1n) is 8.62. The number of fused-ring (bicyclic) bond motifs is 1. The summed E-state index contributed by atoms with van der Waals surface area (Å²) >= 11 is 0. The largest absolute Gasteiger partial charge is 0.483 e. The van der Waals surface area contributed by atoms with Gasteiger partial charge in [-0.3, -0.25) is 4.79 Å². The van der Waals surface area contributed by atoms with Gasteiger partial charge in [-0.1, -0.05) is 54.6 Å². The van der Waals surface area contributed by atoms with Gasteiger partial charge in [0.15, 0.2) is 6.61 Å². The summed E-state index contributed by atoms with van der Waals surface area (Å²) in [5.41, 5.74) is 2.04. The van der Waals surface area contributed by atoms with Crippen molar-refractivity contribution in [2.75, 3.05) is 20.2 Å². The monoisotopic (exact) mass is 346 g/mol. The molecular formula is C22H22N2O2. The average Bonchev–Trinajstić information content (AvgIpc) is 2.70. The van der Waals surface area contributed by atoms with Gasteiger partial charge in [0.25, 0.3) is 5.91 Å². The number of rotatable bonds is 7. The van der Waals surface area contributed by atoms with Gasteiger partial charge in [-0.15, -0.1) is 0 Å². The number of benzene rings is 3. The van der Waals surface area contributed by atoms with Gasteiger partial charge in [0.2, 0.25) is 0 Å². The molecule has 3 aromatic rings. The number of nitrogens with one attached hydrogen (secondary N) is 1. The zero-order chi connectivity index (χ0) is 18.4. The van der Waals surface area contributed by atoms with Crippen LogP contribution < -0.4 is 4.74 Å². The van der Waals surface area contributed by atoms with E-state index < -0.39 is 0 Å². The van der Waals surface area contributed by atoms with Crippen molar-refractivity contribution in [3.8, 4) is 5.75 Å². The van der Waals surface area contributed by atoms with Gasteiger partial charge >= 0.3 is 0 Å². The second-order valence-corrected chi connectivity index (χ2v) is 6.18. The molecule has 1 amide bonds. The Morgan fingerprint density at radius 2 is 1.69 bits per heavy atom. The van der Waals surface area contributed by atoms with Gasteiger partial charge in [0.1, 0.15) is 5.75 Å². The van der Waals surface area contributed by atoms with Crippen molar-refractivity contribution in [3.63, 3.8) is 0 Å². The Labute approximate surface area is 153 Å². The first kappa shape index (κ1) is 17.7. The lowest BCUT2D eigenvalue weighted by atomic mass is 10.0. The molecular weight excluding hydrogens is 324 g/mol. The quantitative estimate of drug-likeness (QED) is 0.659. The molecule has 0 atom stereocenters. The number of amides is 1. The average molecular weight is 346 g/mol. The van der Waals surface area contributed by atoms with E-state index in [-0.39, 0.29) is 12.5 Å². The van der Waals surface area contributed by atoms with Gasteiger partial charge in [0, 0.05) is 30.8 Å². The fourth-order valence-corrected chi connectivity index (χ4v) is 2.86. The van der Waals surface area contributed by atoms with Gasteiger partial charge in [0.05, 0.1) is 0 Å². The van der Waals surface area contributed by atoms with E-state index in [1.54, 1.807) is 11.9 Å². The highest BCUT2D eigenvalue weighted by Gasteiger charge is 2.11. The Morgan fingerprint density at radius 1 is 1.00 bits per heavy atom. The number of likely N-dealkylation sites (N-methyl/N-ethyl adjacent to an activating group) is 1. The lowest BCUT2D eigenvalue weighted by Crippen LogP contribution is -2.33. The highest BCUT2D eigenvalue weighted by molar-refractivity contribution is 6.01. The van der Waals surface area contributed by atoms with Crippen LogP contribution in [0, 0.1) is 5.41 Å². The number of hydrogen-bond acceptors (Lipinski definition) is 3. The number of carbonyl (C=O) groups excluding carboxylic acids is 1. The smallest absolute Gasteiger partial charge is 0.260 e. The molecule has 0 saturated carbocycles. The number of nitrogens with zero attached hydrogens (tertiary/aromatic N) is 1. The summed E-state index contributed by atoms with van der Waals surface area (Å²) in [6.07, 6.45) is 2.15. The van der Waals surface area contributed by atoms with Crippen LogP contribution in [0.1, 0.15) is 11.1 Å². The van der Waals surface area contributed by atoms with Crippen LogP contribution in [0.5, 0.6) is 5.75 Å². The molecule has 0 aromatic heterocycles. The predicted octanol–water partition coefficient (Wildman–Crippen LogP) is 3.92. The summed E-state index contributed by atoms with van der Waals surface area (Å²) in [6.45, 7) is 0.652. The predicted molar refractivity (Wildman–Crippen MR) is 105 cm³/mol. The number of hydrogen-bond donors (Lipinski definition) is 1. The Balaban J connectivity index is 1.62. The van der Waals surface area contributed by atoms with E-state index in [1.165, 1.54) is 11.8 Å². The maximum atomic E-state index is 12.4. The van der Waals surface area contributed by atoms with Crippen LogP contribution in [0.3, 0.4) is 0 Å². The summed E-state index contributed by atoms with van der Waals surface area (Å²) in [5.74, 6) is 0.608. The topological polar surface area (TPSA) is 53.4 Å². The normalized spacial score (nSPS) is 10.5. The van der Waals surface area contributed by atoms with Crippen molar-refractivity contribution < 1.29 is 9.53 Å². The minimum absolute atomic E-state index is 0.000774. The second-order valence-electron chi connectivity index (χ2n) is 6.18. The maximum Gasteiger partial charge on any atom is 0.260 e. The van der Waals surface area contributed by atoms with Gasteiger partial charge in [-0.2, -0.15) is 0 Å². The molecule has 0 saturated heterocycles. The Kier molecular flexibility index (Phi) is 5.64. The first-order valence-corrected chi connectivity index (χ1v) is 8.62. The van der Waals surface area contributed by atoms with Crippen LogP contribution >= 0.6 is 0 Å². The van der Waals surface area contributed by atoms with E-state index in [0.717, 1.165) is 22.8 Å². The van der Waals surface area contributed by atoms with Gasteiger partial charge in [-0.05, 0) is 29.5 Å². The van der Waals surface area contributed by atoms with E-state index in [2.05, 4.69) is 12.1 Å². The summed E-state index contributed by atoms with van der Waals surface area (Å²) in [7, 11) is 1.80. The summed E-state index contributed by atoms with van der Waals surface area (Å²) in [6, 6.07) is 21.5.